The van der Waals surface area contributed by atoms with Gasteiger partial charge in [-0.15, -0.1) is 0 Å². The summed E-state index contributed by atoms with van der Waals surface area (Å²) in [5, 5.41) is 0. The zero-order valence-electron chi connectivity index (χ0n) is 3.62. The Morgan fingerprint density at radius 2 is 2.14 bits per heavy atom. The molecule has 6 heteroatoms. The van der Waals surface area contributed by atoms with E-state index in [1.54, 1.807) is 0 Å². The van der Waals surface area contributed by atoms with Crippen molar-refractivity contribution in [3.05, 3.63) is 0 Å². The fraction of sp³-hybridized carbons (Fsp3) is 0. The molecule has 0 aliphatic heterocycles. The van der Waals surface area contributed by atoms with E-state index in [9.17, 15) is 0 Å². The summed E-state index contributed by atoms with van der Waals surface area (Å²) in [5.41, 5.74) is 0. The fourth-order valence-electron chi connectivity index (χ4n) is 0.0321. The molecule has 0 radical (unpaired) electrons. The van der Waals surface area contributed by atoms with Crippen LogP contribution < -0.4 is 29.6 Å². The van der Waals surface area contributed by atoms with Crippen LogP contribution in [0.3, 0.4) is 0 Å². The number of rotatable bonds is 2. The number of carbonyl (C=O) groups excluding carboxylic acids is 1. The number of hydrogen-bond donors (Lipinski definition) is 0. The molecule has 0 N–H and O–H groups in total. The molecule has 0 fully saturated rings. The van der Waals surface area contributed by atoms with Crippen molar-refractivity contribution in [2.75, 3.05) is 0 Å². The number of hydrogen-bond acceptors (Lipinski definition) is 4. The van der Waals surface area contributed by atoms with Crippen molar-refractivity contribution < 1.29 is 47.3 Å². The van der Waals surface area contributed by atoms with Crippen LogP contribution in [-0.2, 0) is 20.3 Å². The Hall–Kier alpha value is 0.580. The second-order valence-corrected chi connectivity index (χ2v) is 0.997. The van der Waals surface area contributed by atoms with E-state index in [1.165, 1.54) is 0 Å². The van der Waals surface area contributed by atoms with Gasteiger partial charge in [-0.05, 0) is 0 Å². The van der Waals surface area contributed by atoms with Gasteiger partial charge in [0.1, 0.15) is 11.4 Å². The molecular formula is CHNaO4S. The Balaban J connectivity index is 0. The quantitative estimate of drug-likeness (QED) is 0.218. The second-order valence-electron chi connectivity index (χ2n) is 0.397. The molecule has 7 heavy (non-hydrogen) atoms. The molecule has 0 aliphatic rings. The van der Waals surface area contributed by atoms with Crippen LogP contribution in [0.15, 0.2) is 0 Å². The smallest absolute Gasteiger partial charge is 0.740 e. The molecule has 0 rings (SSSR count). The third-order valence-electron chi connectivity index (χ3n) is 0.118. The topological polar surface area (TPSA) is 66.4 Å². The van der Waals surface area contributed by atoms with Gasteiger partial charge in [0.2, 0.25) is 0 Å². The van der Waals surface area contributed by atoms with Crippen LogP contribution in [0, 0.1) is 0 Å². The normalized spacial score (nSPS) is 11.0. The average Bonchev–Trinajstić information content (AvgIpc) is 1.35. The Morgan fingerprint density at radius 3 is 2.14 bits per heavy atom. The molecule has 0 amide bonds. The molecule has 0 aliphatic carbocycles. The monoisotopic (exact) mass is 132 g/mol. The maximum absolute atomic E-state index is 9.15. The van der Waals surface area contributed by atoms with Gasteiger partial charge in [0.05, 0.1) is 0 Å². The molecule has 1 unspecified atom stereocenters. The molecule has 0 aromatic rings. The average molecular weight is 132 g/mol. The van der Waals surface area contributed by atoms with Crippen molar-refractivity contribution in [1.29, 1.82) is 0 Å². The van der Waals surface area contributed by atoms with Crippen molar-refractivity contribution in [3.8, 4) is 0 Å². The summed E-state index contributed by atoms with van der Waals surface area (Å²) in [5.74, 6) is 0. The maximum Gasteiger partial charge on any atom is 1.00 e. The van der Waals surface area contributed by atoms with E-state index in [2.05, 4.69) is 4.18 Å². The molecule has 36 valence electrons. The van der Waals surface area contributed by atoms with Gasteiger partial charge in [-0.1, -0.05) is 0 Å². The minimum absolute atomic E-state index is 0. The van der Waals surface area contributed by atoms with Gasteiger partial charge in [-0.2, -0.15) is 0 Å². The molecule has 0 aromatic heterocycles. The first-order chi connectivity index (χ1) is 2.77. The molecule has 4 nitrogen and oxygen atoms in total. The van der Waals surface area contributed by atoms with Crippen LogP contribution in [0.4, 0.5) is 0 Å². The molecule has 0 bridgehead atoms. The van der Waals surface area contributed by atoms with Gasteiger partial charge >= 0.3 is 36.0 Å². The van der Waals surface area contributed by atoms with Crippen molar-refractivity contribution >= 4 is 17.8 Å². The van der Waals surface area contributed by atoms with Crippen LogP contribution in [0.5, 0.6) is 0 Å². The van der Waals surface area contributed by atoms with Gasteiger partial charge in [-0.25, -0.2) is 4.21 Å². The molecule has 0 heterocycles. The fourth-order valence-corrected chi connectivity index (χ4v) is 0.0962. The van der Waals surface area contributed by atoms with E-state index in [0.717, 1.165) is 0 Å². The molecule has 0 saturated heterocycles. The van der Waals surface area contributed by atoms with Gasteiger partial charge < -0.3 is 8.74 Å². The maximum atomic E-state index is 9.15. The van der Waals surface area contributed by atoms with Crippen molar-refractivity contribution in [1.82, 2.24) is 0 Å². The van der Waals surface area contributed by atoms with E-state index in [4.69, 9.17) is 13.6 Å². The van der Waals surface area contributed by atoms with Crippen molar-refractivity contribution in [3.63, 3.8) is 0 Å². The first-order valence-electron chi connectivity index (χ1n) is 0.971. The van der Waals surface area contributed by atoms with Crippen molar-refractivity contribution in [2.24, 2.45) is 0 Å². The molecule has 0 spiro atoms. The van der Waals surface area contributed by atoms with Crippen molar-refractivity contribution in [2.45, 2.75) is 0 Å². The summed E-state index contributed by atoms with van der Waals surface area (Å²) in [7, 11) is 0. The van der Waals surface area contributed by atoms with Gasteiger partial charge in [-0.3, -0.25) is 4.79 Å². The summed E-state index contributed by atoms with van der Waals surface area (Å²) in [6.45, 7) is -0.164. The first-order valence-corrected chi connectivity index (χ1v) is 1.97. The Kier molecular flexibility index (Phi) is 9.91. The van der Waals surface area contributed by atoms with E-state index in [-0.39, 0.29) is 36.0 Å². The summed E-state index contributed by atoms with van der Waals surface area (Å²) < 4.78 is 21.6. The molecular weight excluding hydrogens is 131 g/mol. The zero-order chi connectivity index (χ0) is 4.99. The zero-order valence-corrected chi connectivity index (χ0v) is 6.44. The van der Waals surface area contributed by atoms with E-state index >= 15 is 0 Å². The van der Waals surface area contributed by atoms with Crippen LogP contribution in [0.2, 0.25) is 0 Å². The second kappa shape index (κ2) is 6.58. The minimum Gasteiger partial charge on any atom is -0.740 e. The summed E-state index contributed by atoms with van der Waals surface area (Å²) >= 11 is -2.68. The molecule has 1 atom stereocenters. The van der Waals surface area contributed by atoms with Crippen LogP contribution in [0.1, 0.15) is 0 Å². The predicted octanol–water partition coefficient (Wildman–Crippen LogP) is -4.04. The van der Waals surface area contributed by atoms with Crippen LogP contribution >= 0.6 is 0 Å². The van der Waals surface area contributed by atoms with Crippen LogP contribution in [0.25, 0.3) is 0 Å². The van der Waals surface area contributed by atoms with Crippen LogP contribution in [-0.4, -0.2) is 15.2 Å². The van der Waals surface area contributed by atoms with E-state index in [1.807, 2.05) is 0 Å². The Bertz CT molecular complexity index is 72.1. The summed E-state index contributed by atoms with van der Waals surface area (Å²) in [6, 6.07) is 0. The largest absolute Gasteiger partial charge is 1.00 e. The summed E-state index contributed by atoms with van der Waals surface area (Å²) in [6.07, 6.45) is 0. The third kappa shape index (κ3) is 10.8. The molecule has 0 aromatic carbocycles. The standard InChI is InChI=1S/CH2O4S.Na/c2-1-5-6(3)4;/h1H,(H,3,4);/q;+1/p-1. The Morgan fingerprint density at radius 1 is 1.71 bits per heavy atom. The van der Waals surface area contributed by atoms with E-state index in [0.29, 0.717) is 0 Å². The molecule has 0 saturated carbocycles. The van der Waals surface area contributed by atoms with Gasteiger partial charge in [0.15, 0.2) is 0 Å². The minimum atomic E-state index is -2.68. The SMILES string of the molecule is O=COS(=O)[O-].[Na+]. The van der Waals surface area contributed by atoms with Gasteiger partial charge in [0, 0.05) is 0 Å². The third-order valence-corrected chi connectivity index (χ3v) is 0.354. The Labute approximate surface area is 65.0 Å². The predicted molar refractivity (Wildman–Crippen MR) is 16.1 cm³/mol. The summed E-state index contributed by atoms with van der Waals surface area (Å²) in [4.78, 5) is 9.00. The van der Waals surface area contributed by atoms with E-state index < -0.39 is 11.4 Å². The van der Waals surface area contributed by atoms with Gasteiger partial charge in [0.25, 0.3) is 0 Å². The first kappa shape index (κ1) is 10.5. The number of carbonyl (C=O) groups is 1.